The van der Waals surface area contributed by atoms with E-state index in [0.29, 0.717) is 11.1 Å². The Morgan fingerprint density at radius 3 is 2.62 bits per heavy atom. The topological polar surface area (TPSA) is 77.2 Å². The first-order valence-electron chi connectivity index (χ1n) is 8.16. The first kappa shape index (κ1) is 15.9. The smallest absolute Gasteiger partial charge is 0.337 e. The van der Waals surface area contributed by atoms with E-state index in [1.807, 2.05) is 30.3 Å². The number of carbonyl (C=O) groups excluding carboxylic acids is 1. The summed E-state index contributed by atoms with van der Waals surface area (Å²) in [6.07, 6.45) is 2.79. The van der Waals surface area contributed by atoms with E-state index in [2.05, 4.69) is 6.07 Å². The van der Waals surface area contributed by atoms with Crippen LogP contribution in [0.1, 0.15) is 21.5 Å². The molecule has 0 aromatic heterocycles. The van der Waals surface area contributed by atoms with Gasteiger partial charge in [-0.2, -0.15) is 5.26 Å². The van der Waals surface area contributed by atoms with Crippen molar-refractivity contribution in [2.24, 2.45) is 0 Å². The van der Waals surface area contributed by atoms with Gasteiger partial charge in [-0.3, -0.25) is 10.3 Å². The largest absolute Gasteiger partial charge is 0.465 e. The molecular formula is C21H15N3O2. The maximum atomic E-state index is 11.6. The van der Waals surface area contributed by atoms with Crippen molar-refractivity contribution >= 4 is 23.1 Å². The van der Waals surface area contributed by atoms with Crippen molar-refractivity contribution in [2.75, 3.05) is 12.0 Å². The van der Waals surface area contributed by atoms with Crippen molar-refractivity contribution in [3.63, 3.8) is 0 Å². The van der Waals surface area contributed by atoms with E-state index < -0.39 is 5.97 Å². The van der Waals surface area contributed by atoms with Gasteiger partial charge < -0.3 is 4.74 Å². The van der Waals surface area contributed by atoms with E-state index in [0.717, 1.165) is 34.5 Å². The van der Waals surface area contributed by atoms with Crippen molar-refractivity contribution in [1.82, 2.24) is 0 Å². The Morgan fingerprint density at radius 1 is 1.19 bits per heavy atom. The van der Waals surface area contributed by atoms with Gasteiger partial charge in [0, 0.05) is 11.3 Å². The fourth-order valence-electron chi connectivity index (χ4n) is 3.45. The highest BCUT2D eigenvalue weighted by atomic mass is 16.5. The molecule has 0 atom stereocenters. The lowest BCUT2D eigenvalue weighted by atomic mass is 9.89. The zero-order chi connectivity index (χ0) is 18.3. The molecule has 4 rings (SSSR count). The van der Waals surface area contributed by atoms with Crippen LogP contribution < -0.4 is 4.90 Å². The predicted octanol–water partition coefficient (Wildman–Crippen LogP) is 3.69. The van der Waals surface area contributed by atoms with Crippen LogP contribution in [0, 0.1) is 16.7 Å². The summed E-state index contributed by atoms with van der Waals surface area (Å²) in [7, 11) is 1.34. The first-order chi connectivity index (χ1) is 12.7. The zero-order valence-electron chi connectivity index (χ0n) is 14.1. The van der Waals surface area contributed by atoms with Crippen molar-refractivity contribution in [2.45, 2.75) is 6.42 Å². The van der Waals surface area contributed by atoms with Gasteiger partial charge >= 0.3 is 5.97 Å². The highest BCUT2D eigenvalue weighted by Gasteiger charge is 2.36. The second-order valence-corrected chi connectivity index (χ2v) is 6.03. The van der Waals surface area contributed by atoms with Gasteiger partial charge in [0.2, 0.25) is 0 Å². The Kier molecular flexibility index (Phi) is 3.67. The Hall–Kier alpha value is -3.65. The first-order valence-corrected chi connectivity index (χ1v) is 8.16. The Balaban J connectivity index is 1.80. The number of carbonyl (C=O) groups is 1. The highest BCUT2D eigenvalue weighted by molar-refractivity contribution is 6.25. The summed E-state index contributed by atoms with van der Waals surface area (Å²) < 4.78 is 4.72. The zero-order valence-corrected chi connectivity index (χ0v) is 14.1. The minimum Gasteiger partial charge on any atom is -0.465 e. The van der Waals surface area contributed by atoms with E-state index in [9.17, 15) is 10.1 Å². The third-order valence-corrected chi connectivity index (χ3v) is 4.67. The molecule has 1 N–H and O–H groups in total. The lowest BCUT2D eigenvalue weighted by molar-refractivity contribution is 0.0601. The molecule has 0 radical (unpaired) electrons. The molecule has 1 aliphatic carbocycles. The van der Waals surface area contributed by atoms with Crippen LogP contribution in [0.15, 0.2) is 65.9 Å². The van der Waals surface area contributed by atoms with Gasteiger partial charge in [0.15, 0.2) is 0 Å². The molecule has 2 aliphatic rings. The third kappa shape index (κ3) is 2.24. The Labute approximate surface area is 150 Å². The van der Waals surface area contributed by atoms with E-state index in [4.69, 9.17) is 10.1 Å². The Bertz CT molecular complexity index is 1040. The summed E-state index contributed by atoms with van der Waals surface area (Å²) in [5, 5.41) is 18.2. The molecule has 0 amide bonds. The lowest BCUT2D eigenvalue weighted by Gasteiger charge is -2.25. The molecule has 2 aromatic rings. The molecule has 0 fully saturated rings. The number of nitrogens with one attached hydrogen (secondary N) is 1. The summed E-state index contributed by atoms with van der Waals surface area (Å²) >= 11 is 0. The number of hydrogen-bond donors (Lipinski definition) is 1. The van der Waals surface area contributed by atoms with E-state index in [-0.39, 0.29) is 5.84 Å². The van der Waals surface area contributed by atoms with Crippen LogP contribution in [0.2, 0.25) is 0 Å². The molecule has 0 saturated carbocycles. The number of hydrogen-bond acceptors (Lipinski definition) is 4. The number of nitriles is 1. The molecule has 5 heteroatoms. The van der Waals surface area contributed by atoms with Crippen LogP contribution in [0.5, 0.6) is 0 Å². The van der Waals surface area contributed by atoms with Crippen molar-refractivity contribution < 1.29 is 9.53 Å². The van der Waals surface area contributed by atoms with Gasteiger partial charge in [0.25, 0.3) is 0 Å². The molecule has 1 aliphatic heterocycles. The molecule has 0 spiro atoms. The number of allylic oxidation sites excluding steroid dienone is 2. The number of nitrogens with zero attached hydrogens (tertiary/aromatic N) is 2. The van der Waals surface area contributed by atoms with Crippen LogP contribution in [0.25, 0.3) is 5.57 Å². The monoisotopic (exact) mass is 341 g/mol. The molecule has 1 heterocycles. The summed E-state index contributed by atoms with van der Waals surface area (Å²) in [6, 6.07) is 17.0. The third-order valence-electron chi connectivity index (χ3n) is 4.67. The average Bonchev–Trinajstić information content (AvgIpc) is 2.99. The summed E-state index contributed by atoms with van der Waals surface area (Å²) in [5.74, 6) is -0.258. The van der Waals surface area contributed by atoms with Crippen LogP contribution in [-0.2, 0) is 11.2 Å². The second-order valence-electron chi connectivity index (χ2n) is 6.03. The molecule has 126 valence electrons. The predicted molar refractivity (Wildman–Crippen MR) is 98.7 cm³/mol. The number of fused-ring (bicyclic) bond motifs is 3. The van der Waals surface area contributed by atoms with Gasteiger partial charge in [-0.15, -0.1) is 0 Å². The van der Waals surface area contributed by atoms with Crippen molar-refractivity contribution in [3.8, 4) is 6.07 Å². The van der Waals surface area contributed by atoms with E-state index in [1.54, 1.807) is 29.2 Å². The number of methoxy groups -OCH3 is 1. The summed E-state index contributed by atoms with van der Waals surface area (Å²) in [4.78, 5) is 13.4. The number of amidine groups is 1. The lowest BCUT2D eigenvalue weighted by Crippen LogP contribution is -2.25. The van der Waals surface area contributed by atoms with Crippen LogP contribution in [-0.4, -0.2) is 18.9 Å². The van der Waals surface area contributed by atoms with Crippen LogP contribution >= 0.6 is 0 Å². The van der Waals surface area contributed by atoms with Gasteiger partial charge in [0.05, 0.1) is 18.4 Å². The number of benzene rings is 2. The SMILES string of the molecule is COC(=O)c1ccc(N2C(=N)C(C#N)=C3C2=CCc2ccccc23)cc1. The quantitative estimate of drug-likeness (QED) is 0.845. The van der Waals surface area contributed by atoms with Gasteiger partial charge in [-0.05, 0) is 41.8 Å². The molecule has 5 nitrogen and oxygen atoms in total. The molecule has 0 bridgehead atoms. The normalized spacial score (nSPS) is 15.2. The molecular weight excluding hydrogens is 326 g/mol. The standard InChI is InChI=1S/C21H15N3O2/c1-26-21(25)14-6-9-15(10-7-14)24-18-11-8-13-4-2-3-5-16(13)19(18)17(12-22)20(24)23/h2-7,9-11,23H,8H2,1H3. The van der Waals surface area contributed by atoms with Crippen molar-refractivity contribution in [3.05, 3.63) is 82.6 Å². The maximum Gasteiger partial charge on any atom is 0.337 e. The second kappa shape index (κ2) is 6.01. The van der Waals surface area contributed by atoms with Crippen molar-refractivity contribution in [1.29, 1.82) is 10.7 Å². The van der Waals surface area contributed by atoms with Gasteiger partial charge in [-0.1, -0.05) is 30.3 Å². The fourth-order valence-corrected chi connectivity index (χ4v) is 3.45. The number of rotatable bonds is 2. The number of anilines is 1. The molecule has 0 unspecified atom stereocenters. The van der Waals surface area contributed by atoms with Gasteiger partial charge in [-0.25, -0.2) is 4.79 Å². The summed E-state index contributed by atoms with van der Waals surface area (Å²) in [5.41, 5.74) is 5.33. The van der Waals surface area contributed by atoms with E-state index in [1.165, 1.54) is 7.11 Å². The molecule has 2 aromatic carbocycles. The van der Waals surface area contributed by atoms with E-state index >= 15 is 0 Å². The highest BCUT2D eigenvalue weighted by Crippen LogP contribution is 2.43. The summed E-state index contributed by atoms with van der Waals surface area (Å²) in [6.45, 7) is 0. The van der Waals surface area contributed by atoms with Crippen LogP contribution in [0.4, 0.5) is 5.69 Å². The number of esters is 1. The average molecular weight is 341 g/mol. The maximum absolute atomic E-state index is 11.6. The fraction of sp³-hybridized carbons (Fsp3) is 0.0952. The Morgan fingerprint density at radius 2 is 1.92 bits per heavy atom. The minimum atomic E-state index is -0.407. The van der Waals surface area contributed by atoms with Crippen LogP contribution in [0.3, 0.4) is 0 Å². The molecule has 26 heavy (non-hydrogen) atoms. The molecule has 0 saturated heterocycles. The minimum absolute atomic E-state index is 0.149. The van der Waals surface area contributed by atoms with Gasteiger partial charge in [0.1, 0.15) is 17.5 Å². The number of ether oxygens (including phenoxy) is 1.